The minimum absolute atomic E-state index is 0.870. The van der Waals surface area contributed by atoms with Gasteiger partial charge < -0.3 is 8.98 Å². The van der Waals surface area contributed by atoms with Crippen LogP contribution in [0.1, 0.15) is 0 Å². The molecule has 0 aliphatic rings. The number of fused-ring (bicyclic) bond motifs is 12. The van der Waals surface area contributed by atoms with E-state index in [1.807, 2.05) is 12.1 Å². The monoisotopic (exact) mass is 605 g/mol. The van der Waals surface area contributed by atoms with Gasteiger partial charge in [0, 0.05) is 32.6 Å². The minimum atomic E-state index is 0.870. The van der Waals surface area contributed by atoms with Crippen LogP contribution in [0.4, 0.5) is 0 Å². The first-order valence-corrected chi connectivity index (χ1v) is 16.3. The lowest BCUT2D eigenvalue weighted by Gasteiger charge is -2.09. The molecule has 0 aliphatic carbocycles. The van der Waals surface area contributed by atoms with Gasteiger partial charge in [-0.05, 0) is 71.4 Å². The molecule has 0 unspecified atom stereocenters. The van der Waals surface area contributed by atoms with Gasteiger partial charge >= 0.3 is 0 Å². The molecule has 11 aromatic rings. The lowest BCUT2D eigenvalue weighted by molar-refractivity contribution is 0.669. The highest BCUT2D eigenvalue weighted by atomic mass is 32.1. The molecule has 4 nitrogen and oxygen atoms in total. The Morgan fingerprint density at radius 1 is 0.478 bits per heavy atom. The van der Waals surface area contributed by atoms with Gasteiger partial charge in [-0.1, -0.05) is 90.2 Å². The summed E-state index contributed by atoms with van der Waals surface area (Å²) < 4.78 is 12.1. The Bertz CT molecular complexity index is 2990. The van der Waals surface area contributed by atoms with E-state index < -0.39 is 0 Å². The van der Waals surface area contributed by atoms with E-state index in [0.29, 0.717) is 0 Å². The molecule has 7 aromatic carbocycles. The van der Waals surface area contributed by atoms with Crippen molar-refractivity contribution in [2.75, 3.05) is 0 Å². The normalized spacial score (nSPS) is 12.3. The molecule has 214 valence electrons. The summed E-state index contributed by atoms with van der Waals surface area (Å²) in [6.07, 6.45) is 0. The Morgan fingerprint density at radius 2 is 1.13 bits per heavy atom. The molecule has 0 saturated heterocycles. The SMILES string of the molecule is c1ccc2cc3c(cc2c1)c1cc(-n2c4ccccc4c4ccccc42)ccc1n3-c1nc2c(ccc3oc4ccccc4c32)s1. The number of hydrogen-bond donors (Lipinski definition) is 0. The molecule has 4 aromatic heterocycles. The second kappa shape index (κ2) is 8.84. The number of furan rings is 1. The first kappa shape index (κ1) is 24.4. The molecule has 0 spiro atoms. The number of hydrogen-bond acceptors (Lipinski definition) is 3. The highest BCUT2D eigenvalue weighted by Crippen LogP contribution is 2.42. The summed E-state index contributed by atoms with van der Waals surface area (Å²) >= 11 is 1.73. The molecule has 0 atom stereocenters. The highest BCUT2D eigenvalue weighted by molar-refractivity contribution is 7.21. The highest BCUT2D eigenvalue weighted by Gasteiger charge is 2.20. The lowest BCUT2D eigenvalue weighted by atomic mass is 10.1. The molecule has 11 rings (SSSR count). The van der Waals surface area contributed by atoms with Gasteiger partial charge in [-0.3, -0.25) is 4.57 Å². The van der Waals surface area contributed by atoms with Gasteiger partial charge in [-0.25, -0.2) is 4.98 Å². The largest absolute Gasteiger partial charge is 0.456 e. The van der Waals surface area contributed by atoms with E-state index in [9.17, 15) is 0 Å². The molecule has 0 fully saturated rings. The summed E-state index contributed by atoms with van der Waals surface area (Å²) in [5, 5.41) is 10.5. The standard InChI is InChI=1S/C41H23N3OS/c1-2-10-25-22-35-30(21-24(25)9-1)31-23-26(43-32-14-6-3-11-27(32)28-12-4-7-15-33(28)43)17-18-34(31)44(35)41-42-40-38(46-41)20-19-37-39(40)29-13-5-8-16-36(29)45-37/h1-23H. The second-order valence-corrected chi connectivity index (χ2v) is 13.0. The first-order chi connectivity index (χ1) is 22.8. The fourth-order valence-corrected chi connectivity index (χ4v) is 8.53. The number of nitrogens with zero attached hydrogens (tertiary/aromatic N) is 3. The minimum Gasteiger partial charge on any atom is -0.456 e. The third-order valence-electron chi connectivity index (χ3n) is 9.53. The van der Waals surface area contributed by atoms with Crippen molar-refractivity contribution in [2.24, 2.45) is 0 Å². The molecule has 5 heteroatoms. The quantitative estimate of drug-likeness (QED) is 0.196. The average Bonchev–Trinajstić information content (AvgIpc) is 3.85. The number of benzene rings is 7. The van der Waals surface area contributed by atoms with Crippen molar-refractivity contribution in [1.82, 2.24) is 14.1 Å². The van der Waals surface area contributed by atoms with Crippen molar-refractivity contribution in [3.63, 3.8) is 0 Å². The van der Waals surface area contributed by atoms with Crippen LogP contribution in [0.3, 0.4) is 0 Å². The topological polar surface area (TPSA) is 35.9 Å². The van der Waals surface area contributed by atoms with Crippen LogP contribution in [-0.4, -0.2) is 14.1 Å². The van der Waals surface area contributed by atoms with Crippen LogP contribution in [0, 0.1) is 0 Å². The van der Waals surface area contributed by atoms with Gasteiger partial charge in [0.05, 0.1) is 37.7 Å². The Balaban J connectivity index is 1.24. The van der Waals surface area contributed by atoms with Crippen molar-refractivity contribution < 1.29 is 4.42 Å². The Kier molecular flexibility index (Phi) is 4.69. The van der Waals surface area contributed by atoms with E-state index in [-0.39, 0.29) is 0 Å². The number of para-hydroxylation sites is 3. The lowest BCUT2D eigenvalue weighted by Crippen LogP contribution is -1.95. The summed E-state index contributed by atoms with van der Waals surface area (Å²) in [4.78, 5) is 5.36. The van der Waals surface area contributed by atoms with Gasteiger partial charge in [-0.2, -0.15) is 0 Å². The zero-order chi connectivity index (χ0) is 29.9. The molecule has 0 aliphatic heterocycles. The zero-order valence-corrected chi connectivity index (χ0v) is 25.3. The van der Waals surface area contributed by atoms with E-state index in [2.05, 4.69) is 137 Å². The van der Waals surface area contributed by atoms with Crippen molar-refractivity contribution in [3.8, 4) is 10.8 Å². The summed E-state index contributed by atoms with van der Waals surface area (Å²) in [7, 11) is 0. The Labute approximate surface area is 265 Å². The van der Waals surface area contributed by atoms with Crippen LogP contribution in [0.15, 0.2) is 144 Å². The van der Waals surface area contributed by atoms with E-state index in [0.717, 1.165) is 54.0 Å². The third kappa shape index (κ3) is 3.19. The van der Waals surface area contributed by atoms with Crippen LogP contribution in [-0.2, 0) is 0 Å². The number of thiazole rings is 1. The second-order valence-electron chi connectivity index (χ2n) is 12.0. The van der Waals surface area contributed by atoms with E-state index in [1.165, 1.54) is 43.4 Å². The summed E-state index contributed by atoms with van der Waals surface area (Å²) in [6.45, 7) is 0. The molecular formula is C41H23N3OS. The van der Waals surface area contributed by atoms with Crippen LogP contribution in [0.25, 0.3) is 97.4 Å². The van der Waals surface area contributed by atoms with Gasteiger partial charge in [0.25, 0.3) is 0 Å². The summed E-state index contributed by atoms with van der Waals surface area (Å²) in [6, 6.07) is 50.0. The first-order valence-electron chi connectivity index (χ1n) is 15.5. The fraction of sp³-hybridized carbons (Fsp3) is 0. The van der Waals surface area contributed by atoms with Gasteiger partial charge in [-0.15, -0.1) is 0 Å². The summed E-state index contributed by atoms with van der Waals surface area (Å²) in [5.74, 6) is 0. The molecule has 4 heterocycles. The third-order valence-corrected chi connectivity index (χ3v) is 10.5. The van der Waals surface area contributed by atoms with Gasteiger partial charge in [0.15, 0.2) is 5.13 Å². The van der Waals surface area contributed by atoms with Crippen LogP contribution < -0.4 is 0 Å². The average molecular weight is 606 g/mol. The van der Waals surface area contributed by atoms with Crippen LogP contribution in [0.5, 0.6) is 0 Å². The van der Waals surface area contributed by atoms with Crippen molar-refractivity contribution >= 4 is 97.9 Å². The number of aromatic nitrogens is 3. The van der Waals surface area contributed by atoms with Crippen molar-refractivity contribution in [1.29, 1.82) is 0 Å². The number of rotatable bonds is 2. The predicted molar refractivity (Wildman–Crippen MR) is 193 cm³/mol. The zero-order valence-electron chi connectivity index (χ0n) is 24.4. The Morgan fingerprint density at radius 3 is 1.93 bits per heavy atom. The van der Waals surface area contributed by atoms with Gasteiger partial charge in [0.1, 0.15) is 11.2 Å². The molecule has 0 amide bonds. The van der Waals surface area contributed by atoms with Crippen molar-refractivity contribution in [3.05, 3.63) is 140 Å². The van der Waals surface area contributed by atoms with E-state index >= 15 is 0 Å². The molecular weight excluding hydrogens is 583 g/mol. The van der Waals surface area contributed by atoms with Crippen LogP contribution in [0.2, 0.25) is 0 Å². The Hall–Kier alpha value is -5.91. The van der Waals surface area contributed by atoms with E-state index in [4.69, 9.17) is 9.40 Å². The van der Waals surface area contributed by atoms with E-state index in [1.54, 1.807) is 11.3 Å². The molecule has 0 radical (unpaired) electrons. The fourth-order valence-electron chi connectivity index (χ4n) is 7.52. The molecule has 0 bridgehead atoms. The predicted octanol–water partition coefficient (Wildman–Crippen LogP) is 11.5. The van der Waals surface area contributed by atoms with Crippen molar-refractivity contribution in [2.45, 2.75) is 0 Å². The molecule has 0 N–H and O–H groups in total. The molecule has 0 saturated carbocycles. The maximum atomic E-state index is 6.21. The molecule has 46 heavy (non-hydrogen) atoms. The maximum Gasteiger partial charge on any atom is 0.195 e. The van der Waals surface area contributed by atoms with Crippen LogP contribution >= 0.6 is 11.3 Å². The summed E-state index contributed by atoms with van der Waals surface area (Å²) in [5.41, 5.74) is 8.60. The smallest absolute Gasteiger partial charge is 0.195 e. The van der Waals surface area contributed by atoms with Gasteiger partial charge in [0.2, 0.25) is 0 Å². The maximum absolute atomic E-state index is 6.21.